The maximum Gasteiger partial charge on any atom is 0.494 e. The van der Waals surface area contributed by atoms with Crippen molar-refractivity contribution in [1.29, 1.82) is 0 Å². The number of rotatable bonds is 2. The highest BCUT2D eigenvalue weighted by Crippen LogP contribution is 2.41. The lowest BCUT2D eigenvalue weighted by Gasteiger charge is -2.32. The standard InChI is InChI=1S/C32H31BO2/c1-20-11-7-8-12-23(20)24-17-18-28-26-16-15-22(33-34-31(3,4)32(5,6)35-33)19-29(26)25-13-9-10-14-27(25)30(28)21(24)2/h7-19H,1-6H3. The summed E-state index contributed by atoms with van der Waals surface area (Å²) in [5, 5.41) is 7.67. The third kappa shape index (κ3) is 3.33. The molecular weight excluding hydrogens is 427 g/mol. The molecule has 174 valence electrons. The van der Waals surface area contributed by atoms with Gasteiger partial charge in [0.25, 0.3) is 0 Å². The minimum absolute atomic E-state index is 0.360. The smallest absolute Gasteiger partial charge is 0.399 e. The molecular formula is C32H31BO2. The second kappa shape index (κ2) is 7.68. The van der Waals surface area contributed by atoms with Gasteiger partial charge in [-0.05, 0) is 102 Å². The maximum absolute atomic E-state index is 6.37. The summed E-state index contributed by atoms with van der Waals surface area (Å²) >= 11 is 0. The molecule has 0 unspecified atom stereocenters. The molecule has 1 saturated heterocycles. The predicted molar refractivity (Wildman–Crippen MR) is 150 cm³/mol. The average Bonchev–Trinajstić information content (AvgIpc) is 3.06. The molecule has 0 N–H and O–H groups in total. The van der Waals surface area contributed by atoms with Gasteiger partial charge >= 0.3 is 7.12 Å². The third-order valence-electron chi connectivity index (χ3n) is 8.25. The van der Waals surface area contributed by atoms with E-state index in [2.05, 4.69) is 120 Å². The zero-order valence-corrected chi connectivity index (χ0v) is 21.4. The fourth-order valence-electron chi connectivity index (χ4n) is 5.53. The quantitative estimate of drug-likeness (QED) is 0.199. The first kappa shape index (κ1) is 22.3. The predicted octanol–water partition coefficient (Wildman–Crippen LogP) is 7.73. The molecule has 0 aromatic heterocycles. The van der Waals surface area contributed by atoms with Crippen LogP contribution in [0.25, 0.3) is 43.4 Å². The highest BCUT2D eigenvalue weighted by molar-refractivity contribution is 6.62. The van der Waals surface area contributed by atoms with Gasteiger partial charge in [0.1, 0.15) is 0 Å². The molecule has 2 nitrogen and oxygen atoms in total. The van der Waals surface area contributed by atoms with E-state index in [1.54, 1.807) is 0 Å². The molecule has 1 heterocycles. The van der Waals surface area contributed by atoms with E-state index in [9.17, 15) is 0 Å². The Labute approximate surface area is 208 Å². The van der Waals surface area contributed by atoms with Crippen molar-refractivity contribution in [1.82, 2.24) is 0 Å². The molecule has 0 atom stereocenters. The van der Waals surface area contributed by atoms with Gasteiger partial charge in [0.2, 0.25) is 0 Å². The van der Waals surface area contributed by atoms with Crippen LogP contribution in [0.15, 0.2) is 78.9 Å². The van der Waals surface area contributed by atoms with E-state index in [0.29, 0.717) is 0 Å². The van der Waals surface area contributed by atoms with Crippen molar-refractivity contribution in [2.24, 2.45) is 0 Å². The van der Waals surface area contributed by atoms with E-state index < -0.39 is 0 Å². The highest BCUT2D eigenvalue weighted by atomic mass is 16.7. The fraction of sp³-hybridized carbons (Fsp3) is 0.250. The van der Waals surface area contributed by atoms with Crippen LogP contribution in [0.3, 0.4) is 0 Å². The largest absolute Gasteiger partial charge is 0.494 e. The van der Waals surface area contributed by atoms with E-state index in [-0.39, 0.29) is 18.3 Å². The van der Waals surface area contributed by atoms with E-state index in [0.717, 1.165) is 5.46 Å². The van der Waals surface area contributed by atoms with Crippen molar-refractivity contribution in [3.05, 3.63) is 90.0 Å². The summed E-state index contributed by atoms with van der Waals surface area (Å²) in [4.78, 5) is 0. The summed E-state index contributed by atoms with van der Waals surface area (Å²) in [5.41, 5.74) is 5.56. The molecule has 0 saturated carbocycles. The van der Waals surface area contributed by atoms with Gasteiger partial charge in [0, 0.05) is 0 Å². The van der Waals surface area contributed by atoms with Gasteiger partial charge in [0.05, 0.1) is 11.2 Å². The van der Waals surface area contributed by atoms with Crippen LogP contribution in [0.1, 0.15) is 38.8 Å². The molecule has 35 heavy (non-hydrogen) atoms. The Bertz CT molecular complexity index is 1590. The first-order valence-corrected chi connectivity index (χ1v) is 12.5. The zero-order chi connectivity index (χ0) is 24.5. The second-order valence-electron chi connectivity index (χ2n) is 10.9. The van der Waals surface area contributed by atoms with Gasteiger partial charge in [-0.25, -0.2) is 0 Å². The minimum atomic E-state index is -0.371. The van der Waals surface area contributed by atoms with E-state index in [4.69, 9.17) is 9.31 Å². The van der Waals surface area contributed by atoms with Crippen molar-refractivity contribution in [2.75, 3.05) is 0 Å². The lowest BCUT2D eigenvalue weighted by Crippen LogP contribution is -2.41. The third-order valence-corrected chi connectivity index (χ3v) is 8.25. The normalized spacial score (nSPS) is 17.0. The summed E-state index contributed by atoms with van der Waals surface area (Å²) in [6.07, 6.45) is 0. The van der Waals surface area contributed by atoms with Crippen LogP contribution in [0.2, 0.25) is 0 Å². The Hall–Kier alpha value is -3.14. The van der Waals surface area contributed by atoms with Gasteiger partial charge in [-0.3, -0.25) is 0 Å². The first-order chi connectivity index (χ1) is 16.7. The highest BCUT2D eigenvalue weighted by Gasteiger charge is 2.51. The maximum atomic E-state index is 6.37. The van der Waals surface area contributed by atoms with E-state index >= 15 is 0 Å². The monoisotopic (exact) mass is 458 g/mol. The van der Waals surface area contributed by atoms with E-state index in [1.807, 2.05) is 0 Å². The fourth-order valence-corrected chi connectivity index (χ4v) is 5.53. The van der Waals surface area contributed by atoms with Crippen molar-refractivity contribution in [2.45, 2.75) is 52.7 Å². The number of aryl methyl sites for hydroxylation is 2. The summed E-state index contributed by atoms with van der Waals surface area (Å²) in [5.74, 6) is 0. The molecule has 0 bridgehead atoms. The summed E-state index contributed by atoms with van der Waals surface area (Å²) < 4.78 is 12.7. The lowest BCUT2D eigenvalue weighted by atomic mass is 9.77. The Morgan fingerprint density at radius 3 is 1.86 bits per heavy atom. The van der Waals surface area contributed by atoms with Gasteiger partial charge in [-0.15, -0.1) is 0 Å². The Kier molecular flexibility index (Phi) is 4.90. The number of fused-ring (bicyclic) bond motifs is 6. The van der Waals surface area contributed by atoms with Crippen molar-refractivity contribution < 1.29 is 9.31 Å². The lowest BCUT2D eigenvalue weighted by molar-refractivity contribution is 0.00578. The molecule has 3 heteroatoms. The van der Waals surface area contributed by atoms with E-state index in [1.165, 1.54) is 54.6 Å². The van der Waals surface area contributed by atoms with Crippen LogP contribution in [-0.2, 0) is 9.31 Å². The minimum Gasteiger partial charge on any atom is -0.399 e. The van der Waals surface area contributed by atoms with Crippen LogP contribution >= 0.6 is 0 Å². The molecule has 6 rings (SSSR count). The molecule has 0 spiro atoms. The van der Waals surface area contributed by atoms with Crippen LogP contribution in [0, 0.1) is 13.8 Å². The second-order valence-corrected chi connectivity index (χ2v) is 10.9. The molecule has 0 aliphatic carbocycles. The topological polar surface area (TPSA) is 18.5 Å². The van der Waals surface area contributed by atoms with Crippen molar-refractivity contribution in [3.63, 3.8) is 0 Å². The number of hydrogen-bond donors (Lipinski definition) is 0. The average molecular weight is 458 g/mol. The SMILES string of the molecule is Cc1ccccc1-c1ccc2c3ccc(B4OC(C)(C)C(C)(C)O4)cc3c3ccccc3c2c1C. The van der Waals surface area contributed by atoms with Crippen LogP contribution < -0.4 is 5.46 Å². The first-order valence-electron chi connectivity index (χ1n) is 12.5. The zero-order valence-electron chi connectivity index (χ0n) is 21.4. The number of hydrogen-bond acceptors (Lipinski definition) is 2. The molecule has 5 aromatic carbocycles. The summed E-state index contributed by atoms with van der Waals surface area (Å²) in [6.45, 7) is 12.9. The molecule has 0 amide bonds. The van der Waals surface area contributed by atoms with Gasteiger partial charge in [0.15, 0.2) is 0 Å². The molecule has 1 fully saturated rings. The summed E-state index contributed by atoms with van der Waals surface area (Å²) in [7, 11) is -0.371. The Morgan fingerprint density at radius 1 is 0.571 bits per heavy atom. The van der Waals surface area contributed by atoms with Gasteiger partial charge < -0.3 is 9.31 Å². The molecule has 1 aliphatic heterocycles. The number of benzene rings is 5. The molecule has 0 radical (unpaired) electrons. The van der Waals surface area contributed by atoms with Crippen molar-refractivity contribution in [3.8, 4) is 11.1 Å². The Morgan fingerprint density at radius 2 is 1.14 bits per heavy atom. The van der Waals surface area contributed by atoms with Crippen LogP contribution in [0.4, 0.5) is 0 Å². The van der Waals surface area contributed by atoms with Gasteiger partial charge in [-0.1, -0.05) is 78.9 Å². The van der Waals surface area contributed by atoms with Crippen molar-refractivity contribution >= 4 is 44.9 Å². The molecule has 5 aromatic rings. The Balaban J connectivity index is 1.62. The van der Waals surface area contributed by atoms with Crippen LogP contribution in [0.5, 0.6) is 0 Å². The van der Waals surface area contributed by atoms with Gasteiger partial charge in [-0.2, -0.15) is 0 Å². The summed E-state index contributed by atoms with van der Waals surface area (Å²) in [6, 6.07) is 28.7. The molecule has 1 aliphatic rings. The van der Waals surface area contributed by atoms with Crippen LogP contribution in [-0.4, -0.2) is 18.3 Å².